The van der Waals surface area contributed by atoms with Gasteiger partial charge in [0.05, 0.1) is 0 Å². The van der Waals surface area contributed by atoms with Crippen LogP contribution in [-0.2, 0) is 12.0 Å². The molecule has 1 unspecified atom stereocenters. The van der Waals surface area contributed by atoms with Crippen LogP contribution in [0.2, 0.25) is 0 Å². The van der Waals surface area contributed by atoms with Crippen LogP contribution in [0.5, 0.6) is 0 Å². The van der Waals surface area contributed by atoms with Crippen LogP contribution in [0.4, 0.5) is 0 Å². The van der Waals surface area contributed by atoms with E-state index in [2.05, 4.69) is 47.8 Å². The number of hydrogen-bond acceptors (Lipinski definition) is 2. The second kappa shape index (κ2) is 4.97. The van der Waals surface area contributed by atoms with Gasteiger partial charge in [-0.3, -0.25) is 0 Å². The molecule has 0 aliphatic heterocycles. The Kier molecular flexibility index (Phi) is 3.09. The van der Waals surface area contributed by atoms with Crippen molar-refractivity contribution in [2.24, 2.45) is 0 Å². The van der Waals surface area contributed by atoms with E-state index in [0.717, 1.165) is 36.8 Å². The standard InChI is InChI=1S/C19H18OS/c20-19(17-10-5-8-15-11-13-21-18(15)17)12-4-3-7-14-6-1-2-9-16(14)19/h1-2,5-6,8-11,13,20H,3-4,7,12H2. The molecule has 1 atom stereocenters. The lowest BCUT2D eigenvalue weighted by Crippen LogP contribution is -2.27. The third-order valence-electron chi connectivity index (χ3n) is 4.62. The molecule has 0 spiro atoms. The van der Waals surface area contributed by atoms with Gasteiger partial charge in [-0.1, -0.05) is 42.5 Å². The average molecular weight is 294 g/mol. The molecule has 1 aromatic heterocycles. The first-order valence-corrected chi connectivity index (χ1v) is 8.44. The number of rotatable bonds is 1. The molecular formula is C19H18OS. The van der Waals surface area contributed by atoms with E-state index in [9.17, 15) is 5.11 Å². The van der Waals surface area contributed by atoms with E-state index in [4.69, 9.17) is 0 Å². The van der Waals surface area contributed by atoms with Gasteiger partial charge in [0.1, 0.15) is 5.60 Å². The van der Waals surface area contributed by atoms with Gasteiger partial charge in [0.2, 0.25) is 0 Å². The molecule has 2 heteroatoms. The van der Waals surface area contributed by atoms with Gasteiger partial charge in [0.25, 0.3) is 0 Å². The minimum atomic E-state index is -0.850. The molecule has 1 N–H and O–H groups in total. The zero-order valence-corrected chi connectivity index (χ0v) is 12.7. The number of aryl methyl sites for hydroxylation is 1. The minimum Gasteiger partial charge on any atom is -0.380 e. The summed E-state index contributed by atoms with van der Waals surface area (Å²) < 4.78 is 1.22. The molecule has 1 nitrogen and oxygen atoms in total. The van der Waals surface area contributed by atoms with E-state index >= 15 is 0 Å². The molecule has 0 bridgehead atoms. The van der Waals surface area contributed by atoms with Crippen LogP contribution < -0.4 is 0 Å². The predicted molar refractivity (Wildman–Crippen MR) is 88.8 cm³/mol. The summed E-state index contributed by atoms with van der Waals surface area (Å²) in [5.74, 6) is 0. The first-order chi connectivity index (χ1) is 10.3. The summed E-state index contributed by atoms with van der Waals surface area (Å²) in [6.07, 6.45) is 4.09. The van der Waals surface area contributed by atoms with Crippen LogP contribution in [0.25, 0.3) is 10.1 Å². The SMILES string of the molecule is OC1(c2cccc3ccsc23)CCCCc2ccccc21. The fourth-order valence-electron chi connectivity index (χ4n) is 3.57. The van der Waals surface area contributed by atoms with Crippen molar-refractivity contribution in [1.82, 2.24) is 0 Å². The van der Waals surface area contributed by atoms with Gasteiger partial charge < -0.3 is 5.11 Å². The topological polar surface area (TPSA) is 20.2 Å². The molecule has 1 aliphatic carbocycles. The summed E-state index contributed by atoms with van der Waals surface area (Å²) in [5.41, 5.74) is 2.62. The Bertz CT molecular complexity index is 789. The summed E-state index contributed by atoms with van der Waals surface area (Å²) in [6.45, 7) is 0. The number of thiophene rings is 1. The van der Waals surface area contributed by atoms with Crippen LogP contribution in [0.15, 0.2) is 53.9 Å². The predicted octanol–water partition coefficient (Wildman–Crippen LogP) is 4.86. The maximum Gasteiger partial charge on any atom is 0.116 e. The van der Waals surface area contributed by atoms with Crippen molar-refractivity contribution >= 4 is 21.4 Å². The highest BCUT2D eigenvalue weighted by Crippen LogP contribution is 2.43. The van der Waals surface area contributed by atoms with Gasteiger partial charge in [0, 0.05) is 10.3 Å². The van der Waals surface area contributed by atoms with Crippen molar-refractivity contribution in [3.05, 3.63) is 70.6 Å². The fourth-order valence-corrected chi connectivity index (χ4v) is 4.56. The van der Waals surface area contributed by atoms with Gasteiger partial charge >= 0.3 is 0 Å². The van der Waals surface area contributed by atoms with Crippen molar-refractivity contribution in [3.63, 3.8) is 0 Å². The van der Waals surface area contributed by atoms with E-state index in [1.165, 1.54) is 15.6 Å². The Morgan fingerprint density at radius 1 is 0.905 bits per heavy atom. The molecule has 106 valence electrons. The lowest BCUT2D eigenvalue weighted by molar-refractivity contribution is 0.0721. The molecular weight excluding hydrogens is 276 g/mol. The van der Waals surface area contributed by atoms with Crippen LogP contribution >= 0.6 is 11.3 Å². The largest absolute Gasteiger partial charge is 0.380 e. The van der Waals surface area contributed by atoms with Crippen LogP contribution in [0, 0.1) is 0 Å². The smallest absolute Gasteiger partial charge is 0.116 e. The Balaban J connectivity index is 1.99. The molecule has 0 saturated heterocycles. The Labute approximate surface area is 128 Å². The van der Waals surface area contributed by atoms with Gasteiger partial charge in [-0.05, 0) is 53.6 Å². The molecule has 1 aliphatic rings. The first-order valence-electron chi connectivity index (χ1n) is 7.56. The molecule has 1 heterocycles. The van der Waals surface area contributed by atoms with Crippen LogP contribution in [0.1, 0.15) is 36.0 Å². The maximum atomic E-state index is 11.6. The van der Waals surface area contributed by atoms with Crippen molar-refractivity contribution in [3.8, 4) is 0 Å². The van der Waals surface area contributed by atoms with Gasteiger partial charge in [0.15, 0.2) is 0 Å². The van der Waals surface area contributed by atoms with Gasteiger partial charge in [-0.15, -0.1) is 11.3 Å². The molecule has 2 aromatic carbocycles. The van der Waals surface area contributed by atoms with Crippen LogP contribution in [0.3, 0.4) is 0 Å². The molecule has 4 rings (SSSR count). The highest BCUT2D eigenvalue weighted by Gasteiger charge is 2.36. The second-order valence-corrected chi connectivity index (χ2v) is 6.79. The van der Waals surface area contributed by atoms with E-state index in [1.54, 1.807) is 11.3 Å². The molecule has 0 saturated carbocycles. The third-order valence-corrected chi connectivity index (χ3v) is 5.59. The summed E-state index contributed by atoms with van der Waals surface area (Å²) in [5, 5.41) is 14.9. The number of hydrogen-bond donors (Lipinski definition) is 1. The average Bonchev–Trinajstić information content (AvgIpc) is 2.93. The lowest BCUT2D eigenvalue weighted by atomic mass is 9.81. The normalized spacial score (nSPS) is 22.0. The second-order valence-electron chi connectivity index (χ2n) is 5.87. The summed E-state index contributed by atoms with van der Waals surface area (Å²) >= 11 is 1.73. The Morgan fingerprint density at radius 2 is 1.76 bits per heavy atom. The highest BCUT2D eigenvalue weighted by atomic mass is 32.1. The van der Waals surface area contributed by atoms with E-state index in [0.29, 0.717) is 0 Å². The fraction of sp³-hybridized carbons (Fsp3) is 0.263. The molecule has 21 heavy (non-hydrogen) atoms. The molecule has 0 radical (unpaired) electrons. The van der Waals surface area contributed by atoms with Crippen molar-refractivity contribution in [1.29, 1.82) is 0 Å². The summed E-state index contributed by atoms with van der Waals surface area (Å²) in [6, 6.07) is 16.8. The number of fused-ring (bicyclic) bond motifs is 2. The molecule has 0 fully saturated rings. The summed E-state index contributed by atoms with van der Waals surface area (Å²) in [4.78, 5) is 0. The highest BCUT2D eigenvalue weighted by molar-refractivity contribution is 7.17. The zero-order chi connectivity index (χ0) is 14.3. The van der Waals surface area contributed by atoms with E-state index < -0.39 is 5.60 Å². The monoisotopic (exact) mass is 294 g/mol. The van der Waals surface area contributed by atoms with Crippen molar-refractivity contribution in [2.45, 2.75) is 31.3 Å². The van der Waals surface area contributed by atoms with Crippen molar-refractivity contribution in [2.75, 3.05) is 0 Å². The Hall–Kier alpha value is -1.64. The van der Waals surface area contributed by atoms with Crippen LogP contribution in [-0.4, -0.2) is 5.11 Å². The van der Waals surface area contributed by atoms with E-state index in [1.807, 2.05) is 6.07 Å². The lowest BCUT2D eigenvalue weighted by Gasteiger charge is -2.30. The first kappa shape index (κ1) is 13.1. The zero-order valence-electron chi connectivity index (χ0n) is 11.9. The van der Waals surface area contributed by atoms with Gasteiger partial charge in [-0.25, -0.2) is 0 Å². The maximum absolute atomic E-state index is 11.6. The molecule has 3 aromatic rings. The quantitative estimate of drug-likeness (QED) is 0.635. The van der Waals surface area contributed by atoms with E-state index in [-0.39, 0.29) is 0 Å². The Morgan fingerprint density at radius 3 is 2.71 bits per heavy atom. The number of aliphatic hydroxyl groups is 1. The van der Waals surface area contributed by atoms with Gasteiger partial charge in [-0.2, -0.15) is 0 Å². The minimum absolute atomic E-state index is 0.807. The third kappa shape index (κ3) is 2.02. The number of benzene rings is 2. The summed E-state index contributed by atoms with van der Waals surface area (Å²) in [7, 11) is 0. The molecule has 0 amide bonds. The van der Waals surface area contributed by atoms with Crippen molar-refractivity contribution < 1.29 is 5.11 Å².